The van der Waals surface area contributed by atoms with Gasteiger partial charge in [0.2, 0.25) is 10.0 Å². The number of hydrogen-bond donors (Lipinski definition) is 1. The van der Waals surface area contributed by atoms with E-state index in [0.717, 1.165) is 11.1 Å². The number of rotatable bonds is 7. The van der Waals surface area contributed by atoms with E-state index in [4.69, 9.17) is 4.74 Å². The molecule has 1 aliphatic rings. The quantitative estimate of drug-likeness (QED) is 0.659. The summed E-state index contributed by atoms with van der Waals surface area (Å²) in [6.45, 7) is 6.55. The van der Waals surface area contributed by atoms with Crippen LogP contribution < -0.4 is 4.74 Å². The molecule has 0 radical (unpaired) electrons. The monoisotopic (exact) mass is 476 g/mol. The summed E-state index contributed by atoms with van der Waals surface area (Å²) >= 11 is 0. The lowest BCUT2D eigenvalue weighted by Gasteiger charge is -2.37. The van der Waals surface area contributed by atoms with Gasteiger partial charge in [0.15, 0.2) is 0 Å². The minimum Gasteiger partial charge on any atom is -0.487 e. The predicted octanol–water partition coefficient (Wildman–Crippen LogP) is 3.76. The number of sulfonamides is 1. The molecule has 0 bridgehead atoms. The molecule has 0 unspecified atom stereocenters. The molecule has 2 aromatic carbocycles. The fourth-order valence-electron chi connectivity index (χ4n) is 4.07. The van der Waals surface area contributed by atoms with Crippen LogP contribution in [0.1, 0.15) is 31.9 Å². The molecule has 3 rings (SSSR count). The molecule has 0 fully saturated rings. The van der Waals surface area contributed by atoms with Gasteiger partial charge in [0.05, 0.1) is 6.61 Å². The highest BCUT2D eigenvalue weighted by Gasteiger charge is 2.38. The number of benzene rings is 2. The van der Waals surface area contributed by atoms with Crippen LogP contribution in [-0.4, -0.2) is 61.6 Å². The van der Waals surface area contributed by atoms with Gasteiger partial charge in [0.1, 0.15) is 22.6 Å². The minimum atomic E-state index is -3.85. The normalized spacial score (nSPS) is 21.9. The molecule has 8 heteroatoms. The van der Waals surface area contributed by atoms with Crippen LogP contribution in [0.15, 0.2) is 53.4 Å². The molecular formula is C25H33FN2O4S. The third-order valence-corrected chi connectivity index (χ3v) is 7.90. The van der Waals surface area contributed by atoms with Gasteiger partial charge < -0.3 is 9.84 Å². The summed E-state index contributed by atoms with van der Waals surface area (Å²) in [6.07, 6.45) is 3.45. The molecule has 1 heterocycles. The number of fused-ring (bicyclic) bond motifs is 1. The van der Waals surface area contributed by atoms with Crippen LogP contribution in [-0.2, 0) is 16.6 Å². The number of aliphatic hydroxyl groups is 1. The minimum absolute atomic E-state index is 0.0979. The first-order chi connectivity index (χ1) is 15.6. The fraction of sp³-hybridized carbons (Fsp3) is 0.440. The number of allylic oxidation sites excluding steroid dienone is 1. The van der Waals surface area contributed by atoms with Crippen molar-refractivity contribution < 1.29 is 22.7 Å². The molecule has 1 aliphatic heterocycles. The Morgan fingerprint density at radius 1 is 1.30 bits per heavy atom. The Hall–Kier alpha value is -2.26. The lowest BCUT2D eigenvalue weighted by molar-refractivity contribution is 0.0733. The SMILES string of the molecule is C/C=C/c1ccc2c(c1)O[C@H](CN(C)Cc1cccc(F)c1)[C@@H](C)CN([C@H](C)CO)S2(=O)=O. The van der Waals surface area contributed by atoms with Gasteiger partial charge in [0.25, 0.3) is 0 Å². The molecule has 6 nitrogen and oxygen atoms in total. The zero-order valence-electron chi connectivity index (χ0n) is 19.6. The second-order valence-corrected chi connectivity index (χ2v) is 10.6. The van der Waals surface area contributed by atoms with Crippen LogP contribution in [0.4, 0.5) is 4.39 Å². The molecule has 0 saturated carbocycles. The van der Waals surface area contributed by atoms with Crippen molar-refractivity contribution in [1.82, 2.24) is 9.21 Å². The Bertz CT molecular complexity index is 1090. The second-order valence-electron chi connectivity index (χ2n) is 8.77. The zero-order chi connectivity index (χ0) is 24.2. The third kappa shape index (κ3) is 6.00. The van der Waals surface area contributed by atoms with Gasteiger partial charge in [-0.2, -0.15) is 4.31 Å². The Balaban J connectivity index is 1.96. The first-order valence-electron chi connectivity index (χ1n) is 11.1. The van der Waals surface area contributed by atoms with Crippen molar-refractivity contribution in [2.75, 3.05) is 26.7 Å². The summed E-state index contributed by atoms with van der Waals surface area (Å²) < 4.78 is 48.2. The number of ether oxygens (including phenoxy) is 1. The maximum Gasteiger partial charge on any atom is 0.247 e. The predicted molar refractivity (Wildman–Crippen MR) is 128 cm³/mol. The van der Waals surface area contributed by atoms with Crippen molar-refractivity contribution in [3.8, 4) is 5.75 Å². The van der Waals surface area contributed by atoms with Crippen molar-refractivity contribution in [3.63, 3.8) is 0 Å². The van der Waals surface area contributed by atoms with Crippen LogP contribution >= 0.6 is 0 Å². The van der Waals surface area contributed by atoms with Crippen molar-refractivity contribution in [2.24, 2.45) is 5.92 Å². The molecule has 0 spiro atoms. The molecule has 0 aromatic heterocycles. The average molecular weight is 477 g/mol. The van der Waals surface area contributed by atoms with Crippen LogP contribution in [0, 0.1) is 11.7 Å². The van der Waals surface area contributed by atoms with Gasteiger partial charge in [-0.3, -0.25) is 4.90 Å². The largest absolute Gasteiger partial charge is 0.487 e. The molecule has 0 aliphatic carbocycles. The van der Waals surface area contributed by atoms with E-state index in [9.17, 15) is 17.9 Å². The number of likely N-dealkylation sites (N-methyl/N-ethyl adjacent to an activating group) is 1. The van der Waals surface area contributed by atoms with Crippen molar-refractivity contribution in [1.29, 1.82) is 0 Å². The second kappa shape index (κ2) is 10.8. The van der Waals surface area contributed by atoms with E-state index >= 15 is 0 Å². The van der Waals surface area contributed by atoms with E-state index in [1.165, 1.54) is 16.4 Å². The summed E-state index contributed by atoms with van der Waals surface area (Å²) in [5.74, 6) is -0.126. The Kier molecular flexibility index (Phi) is 8.28. The first-order valence-corrected chi connectivity index (χ1v) is 12.6. The first kappa shape index (κ1) is 25.4. The number of aliphatic hydroxyl groups excluding tert-OH is 1. The lowest BCUT2D eigenvalue weighted by Crippen LogP contribution is -2.49. The summed E-state index contributed by atoms with van der Waals surface area (Å²) in [6, 6.07) is 11.0. The highest BCUT2D eigenvalue weighted by atomic mass is 32.2. The highest BCUT2D eigenvalue weighted by molar-refractivity contribution is 7.89. The van der Waals surface area contributed by atoms with Crippen LogP contribution in [0.2, 0.25) is 0 Å². The van der Waals surface area contributed by atoms with Gasteiger partial charge in [0, 0.05) is 31.6 Å². The number of nitrogens with zero attached hydrogens (tertiary/aromatic N) is 2. The number of hydrogen-bond acceptors (Lipinski definition) is 5. The Labute approximate surface area is 196 Å². The number of halogens is 1. The maximum atomic E-state index is 13.6. The summed E-state index contributed by atoms with van der Waals surface area (Å²) in [5.41, 5.74) is 1.69. The average Bonchev–Trinajstić information content (AvgIpc) is 2.76. The molecule has 1 N–H and O–H groups in total. The summed E-state index contributed by atoms with van der Waals surface area (Å²) in [5, 5.41) is 9.74. The molecule has 0 saturated heterocycles. The van der Waals surface area contributed by atoms with Crippen LogP contribution in [0.5, 0.6) is 5.75 Å². The van der Waals surface area contributed by atoms with E-state index in [1.54, 1.807) is 31.2 Å². The van der Waals surface area contributed by atoms with Gasteiger partial charge in [-0.05, 0) is 56.3 Å². The highest BCUT2D eigenvalue weighted by Crippen LogP contribution is 2.34. The summed E-state index contributed by atoms with van der Waals surface area (Å²) in [4.78, 5) is 2.14. The van der Waals surface area contributed by atoms with Gasteiger partial charge in [-0.1, -0.05) is 37.3 Å². The van der Waals surface area contributed by atoms with Crippen molar-refractivity contribution in [2.45, 2.75) is 44.4 Å². The topological polar surface area (TPSA) is 70.1 Å². The molecule has 33 heavy (non-hydrogen) atoms. The molecule has 2 aromatic rings. The molecular weight excluding hydrogens is 443 g/mol. The van der Waals surface area contributed by atoms with E-state index in [1.807, 2.05) is 44.0 Å². The standard InChI is InChI=1S/C25H33FN2O4S/c1-5-7-20-10-11-25-23(13-20)32-24(16-27(4)15-21-8-6-9-22(26)12-21)18(2)14-28(19(3)17-29)33(25,30)31/h5-13,18-19,24,29H,14-17H2,1-4H3/b7-5+/t18-,19+,24+/m0/s1. The smallest absolute Gasteiger partial charge is 0.247 e. The van der Waals surface area contributed by atoms with Crippen LogP contribution in [0.25, 0.3) is 6.08 Å². The van der Waals surface area contributed by atoms with Gasteiger partial charge >= 0.3 is 0 Å². The zero-order valence-corrected chi connectivity index (χ0v) is 20.4. The summed E-state index contributed by atoms with van der Waals surface area (Å²) in [7, 11) is -1.92. The van der Waals surface area contributed by atoms with Gasteiger partial charge in [-0.25, -0.2) is 12.8 Å². The van der Waals surface area contributed by atoms with Gasteiger partial charge in [-0.15, -0.1) is 0 Å². The molecule has 180 valence electrons. The van der Waals surface area contributed by atoms with E-state index in [-0.39, 0.29) is 35.9 Å². The maximum absolute atomic E-state index is 13.6. The van der Waals surface area contributed by atoms with E-state index < -0.39 is 16.1 Å². The Morgan fingerprint density at radius 2 is 2.06 bits per heavy atom. The fourth-order valence-corrected chi connectivity index (χ4v) is 5.90. The van der Waals surface area contributed by atoms with E-state index in [2.05, 4.69) is 0 Å². The molecule has 0 amide bonds. The van der Waals surface area contributed by atoms with Crippen molar-refractivity contribution >= 4 is 16.1 Å². The lowest BCUT2D eigenvalue weighted by atomic mass is 10.0. The van der Waals surface area contributed by atoms with E-state index in [0.29, 0.717) is 18.8 Å². The third-order valence-electron chi connectivity index (χ3n) is 5.88. The van der Waals surface area contributed by atoms with Crippen molar-refractivity contribution in [3.05, 3.63) is 65.5 Å². The Morgan fingerprint density at radius 3 is 2.73 bits per heavy atom. The van der Waals surface area contributed by atoms with Crippen LogP contribution in [0.3, 0.4) is 0 Å². The molecule has 3 atom stereocenters.